The highest BCUT2D eigenvalue weighted by molar-refractivity contribution is 5.79. The average Bonchev–Trinajstić information content (AvgIpc) is 1.81. The normalized spacial score (nSPS) is 14.5. The Morgan fingerprint density at radius 1 is 1.62 bits per heavy atom. The van der Waals surface area contributed by atoms with Gasteiger partial charge in [0.1, 0.15) is 0 Å². The summed E-state index contributed by atoms with van der Waals surface area (Å²) in [5.74, 6) is -1.20. The highest BCUT2D eigenvalue weighted by atomic mass is 19.4. The smallest absolute Gasteiger partial charge is 0.391 e. The molecule has 0 amide bonds. The molecule has 0 aromatic rings. The van der Waals surface area contributed by atoms with Crippen molar-refractivity contribution < 1.29 is 23.1 Å². The molecule has 3 nitrogen and oxygen atoms in total. The van der Waals surface area contributed by atoms with Gasteiger partial charge in [0.2, 0.25) is 0 Å². The van der Waals surface area contributed by atoms with E-state index in [2.05, 4.69) is 5.32 Å². The van der Waals surface area contributed by atoms with Crippen molar-refractivity contribution in [1.82, 2.24) is 5.32 Å². The highest BCUT2D eigenvalue weighted by Gasteiger charge is 2.29. The van der Waals surface area contributed by atoms with Crippen LogP contribution >= 0.6 is 0 Å². The van der Waals surface area contributed by atoms with Crippen LogP contribution in [0, 0.1) is 0 Å². The monoisotopic (exact) mass is 197 g/mol. The van der Waals surface area contributed by atoms with E-state index >= 15 is 0 Å². The van der Waals surface area contributed by atoms with Crippen LogP contribution in [0.15, 0.2) is 12.3 Å². The van der Waals surface area contributed by atoms with Crippen LogP contribution in [-0.2, 0) is 4.79 Å². The zero-order chi connectivity index (χ0) is 10.5. The van der Waals surface area contributed by atoms with Crippen LogP contribution in [0.1, 0.15) is 13.3 Å². The first-order valence-electron chi connectivity index (χ1n) is 3.53. The number of carbonyl (C=O) groups is 1. The Morgan fingerprint density at radius 2 is 2.15 bits per heavy atom. The zero-order valence-electron chi connectivity index (χ0n) is 6.93. The maximum Gasteiger partial charge on any atom is 0.391 e. The summed E-state index contributed by atoms with van der Waals surface area (Å²) in [7, 11) is 0. The predicted octanol–water partition coefficient (Wildman–Crippen LogP) is 1.52. The summed E-state index contributed by atoms with van der Waals surface area (Å²) in [5, 5.41) is 10.4. The molecule has 0 rings (SSSR count). The molecule has 2 N–H and O–H groups in total. The molecule has 0 saturated carbocycles. The molecule has 76 valence electrons. The second-order valence-corrected chi connectivity index (χ2v) is 2.56. The fraction of sp³-hybridized carbons (Fsp3) is 0.571. The van der Waals surface area contributed by atoms with E-state index < -0.39 is 24.6 Å². The van der Waals surface area contributed by atoms with E-state index in [0.29, 0.717) is 0 Å². The van der Waals surface area contributed by atoms with Crippen molar-refractivity contribution in [3.8, 4) is 0 Å². The van der Waals surface area contributed by atoms with Gasteiger partial charge in [0.05, 0.1) is 6.42 Å². The first-order valence-corrected chi connectivity index (χ1v) is 3.53. The molecule has 0 aliphatic heterocycles. The Hall–Kier alpha value is -1.20. The number of rotatable bonds is 4. The highest BCUT2D eigenvalue weighted by Crippen LogP contribution is 2.21. The number of carboxylic acid groups (broad SMARTS) is 1. The Morgan fingerprint density at radius 3 is 2.54 bits per heavy atom. The number of nitrogens with one attached hydrogen (secondary N) is 1. The van der Waals surface area contributed by atoms with Gasteiger partial charge >= 0.3 is 12.1 Å². The molecule has 0 aromatic carbocycles. The van der Waals surface area contributed by atoms with Crippen molar-refractivity contribution >= 4 is 5.97 Å². The van der Waals surface area contributed by atoms with Crippen molar-refractivity contribution in [3.63, 3.8) is 0 Å². The van der Waals surface area contributed by atoms with Crippen LogP contribution in [0.5, 0.6) is 0 Å². The summed E-state index contributed by atoms with van der Waals surface area (Å²) in [6, 6.07) is -0.824. The fourth-order valence-corrected chi connectivity index (χ4v) is 0.690. The van der Waals surface area contributed by atoms with Crippen LogP contribution in [0.25, 0.3) is 0 Å². The molecule has 0 bridgehead atoms. The third-order valence-corrected chi connectivity index (χ3v) is 1.14. The number of hydrogen-bond donors (Lipinski definition) is 2. The van der Waals surface area contributed by atoms with Gasteiger partial charge in [-0.05, 0) is 6.92 Å². The summed E-state index contributed by atoms with van der Waals surface area (Å²) >= 11 is 0. The summed E-state index contributed by atoms with van der Waals surface area (Å²) in [6.07, 6.45) is -3.49. The van der Waals surface area contributed by atoms with E-state index in [1.54, 1.807) is 0 Å². The van der Waals surface area contributed by atoms with Gasteiger partial charge in [-0.2, -0.15) is 13.2 Å². The maximum atomic E-state index is 11.7. The Kier molecular flexibility index (Phi) is 4.30. The standard InChI is InChI=1S/C7H10F3NO2/c1-5(4-7(8,9)10)11-3-2-6(12)13/h2-3,5,11H,4H2,1H3,(H,12,13)/b3-2+. The minimum Gasteiger partial charge on any atom is -0.478 e. The van der Waals surface area contributed by atoms with Crippen molar-refractivity contribution in [2.75, 3.05) is 0 Å². The Bertz CT molecular complexity index is 200. The Balaban J connectivity index is 3.76. The molecule has 6 heteroatoms. The van der Waals surface area contributed by atoms with Crippen molar-refractivity contribution in [2.45, 2.75) is 25.6 Å². The first-order chi connectivity index (χ1) is 5.81. The summed E-state index contributed by atoms with van der Waals surface area (Å²) in [5.41, 5.74) is 0. The van der Waals surface area contributed by atoms with E-state index in [1.165, 1.54) is 6.92 Å². The molecule has 0 saturated heterocycles. The largest absolute Gasteiger partial charge is 0.478 e. The fourth-order valence-electron chi connectivity index (χ4n) is 0.690. The van der Waals surface area contributed by atoms with Gasteiger partial charge in [0.25, 0.3) is 0 Å². The molecule has 0 radical (unpaired) electrons. The van der Waals surface area contributed by atoms with Crippen molar-refractivity contribution in [2.24, 2.45) is 0 Å². The lowest BCUT2D eigenvalue weighted by atomic mass is 10.2. The van der Waals surface area contributed by atoms with Gasteiger partial charge in [-0.25, -0.2) is 4.79 Å². The van der Waals surface area contributed by atoms with E-state index in [0.717, 1.165) is 12.3 Å². The number of carboxylic acids is 1. The predicted molar refractivity (Wildman–Crippen MR) is 40.0 cm³/mol. The average molecular weight is 197 g/mol. The lowest BCUT2D eigenvalue weighted by Gasteiger charge is -2.13. The van der Waals surface area contributed by atoms with E-state index in [-0.39, 0.29) is 0 Å². The number of halogens is 3. The SMILES string of the molecule is CC(CC(F)(F)F)N/C=C/C(=O)O. The summed E-state index contributed by atoms with van der Waals surface area (Å²) in [6.45, 7) is 1.32. The molecule has 0 heterocycles. The third kappa shape index (κ3) is 8.71. The molecule has 1 atom stereocenters. The van der Waals surface area contributed by atoms with Crippen molar-refractivity contribution in [3.05, 3.63) is 12.3 Å². The van der Waals surface area contributed by atoms with Crippen LogP contribution < -0.4 is 5.32 Å². The zero-order valence-corrected chi connectivity index (χ0v) is 6.93. The first kappa shape index (κ1) is 11.8. The lowest BCUT2D eigenvalue weighted by Crippen LogP contribution is -2.27. The van der Waals surface area contributed by atoms with Crippen molar-refractivity contribution in [1.29, 1.82) is 0 Å². The minimum atomic E-state index is -4.23. The quantitative estimate of drug-likeness (QED) is 0.671. The molecular formula is C7H10F3NO2. The van der Waals surface area contributed by atoms with Crippen LogP contribution in [0.3, 0.4) is 0 Å². The molecule has 0 aromatic heterocycles. The van der Waals surface area contributed by atoms with Crippen LogP contribution in [0.4, 0.5) is 13.2 Å². The van der Waals surface area contributed by atoms with Gasteiger partial charge in [0, 0.05) is 18.3 Å². The van der Waals surface area contributed by atoms with E-state index in [1.807, 2.05) is 0 Å². The van der Waals surface area contributed by atoms with Gasteiger partial charge in [-0.3, -0.25) is 0 Å². The molecule has 1 unspecified atom stereocenters. The van der Waals surface area contributed by atoms with Crippen LogP contribution in [-0.4, -0.2) is 23.3 Å². The van der Waals surface area contributed by atoms with Gasteiger partial charge in [0.15, 0.2) is 0 Å². The third-order valence-electron chi connectivity index (χ3n) is 1.14. The second kappa shape index (κ2) is 4.74. The Labute approximate surface area is 73.2 Å². The lowest BCUT2D eigenvalue weighted by molar-refractivity contribution is -0.138. The summed E-state index contributed by atoms with van der Waals surface area (Å²) < 4.78 is 35.1. The summed E-state index contributed by atoms with van der Waals surface area (Å²) in [4.78, 5) is 9.92. The molecule has 0 fully saturated rings. The molecule has 0 spiro atoms. The molecular weight excluding hydrogens is 187 g/mol. The molecule has 0 aliphatic rings. The number of alkyl halides is 3. The second-order valence-electron chi connectivity index (χ2n) is 2.56. The topological polar surface area (TPSA) is 49.3 Å². The number of hydrogen-bond acceptors (Lipinski definition) is 2. The minimum absolute atomic E-state index is 0.743. The van der Waals surface area contributed by atoms with Gasteiger partial charge < -0.3 is 10.4 Å². The molecule has 0 aliphatic carbocycles. The molecule has 13 heavy (non-hydrogen) atoms. The van der Waals surface area contributed by atoms with E-state index in [9.17, 15) is 18.0 Å². The van der Waals surface area contributed by atoms with Gasteiger partial charge in [-0.1, -0.05) is 0 Å². The number of aliphatic carboxylic acids is 1. The van der Waals surface area contributed by atoms with Gasteiger partial charge in [-0.15, -0.1) is 0 Å². The van der Waals surface area contributed by atoms with E-state index in [4.69, 9.17) is 5.11 Å². The van der Waals surface area contributed by atoms with Crippen LogP contribution in [0.2, 0.25) is 0 Å². The maximum absolute atomic E-state index is 11.7.